The number of aryl methyl sites for hydroxylation is 1. The number of hydrogen-bond acceptors (Lipinski definition) is 2. The Bertz CT molecular complexity index is 531. The van der Waals surface area contributed by atoms with Crippen LogP contribution in [0.25, 0.3) is 10.9 Å². The number of carbonyl (C=O) groups is 1. The van der Waals surface area contributed by atoms with Crippen molar-refractivity contribution >= 4 is 16.8 Å². The highest BCUT2D eigenvalue weighted by atomic mass is 16.1. The van der Waals surface area contributed by atoms with E-state index in [9.17, 15) is 4.79 Å². The van der Waals surface area contributed by atoms with E-state index in [1.54, 1.807) is 0 Å². The fraction of sp³-hybridized carbons (Fsp3) is 0.429. The van der Waals surface area contributed by atoms with E-state index in [4.69, 9.17) is 0 Å². The van der Waals surface area contributed by atoms with Crippen molar-refractivity contribution in [1.29, 1.82) is 0 Å². The average Bonchev–Trinajstić information content (AvgIpc) is 2.77. The van der Waals surface area contributed by atoms with Gasteiger partial charge in [-0.25, -0.2) is 0 Å². The second-order valence-corrected chi connectivity index (χ2v) is 4.87. The van der Waals surface area contributed by atoms with Crippen LogP contribution in [0.2, 0.25) is 0 Å². The third-order valence-corrected chi connectivity index (χ3v) is 2.81. The van der Waals surface area contributed by atoms with Gasteiger partial charge in [0.1, 0.15) is 0 Å². The molecular formula is C14H19N3O. The molecule has 0 unspecified atom stereocenters. The first-order chi connectivity index (χ1) is 8.66. The molecule has 0 saturated carbocycles. The zero-order valence-corrected chi connectivity index (χ0v) is 10.9. The lowest BCUT2D eigenvalue weighted by Crippen LogP contribution is -2.28. The predicted molar refractivity (Wildman–Crippen MR) is 72.2 cm³/mol. The summed E-state index contributed by atoms with van der Waals surface area (Å²) >= 11 is 0. The Balaban J connectivity index is 1.92. The second-order valence-electron chi connectivity index (χ2n) is 4.87. The Hall–Kier alpha value is -1.84. The molecule has 1 aromatic heterocycles. The molecule has 0 atom stereocenters. The molecule has 0 spiro atoms. The van der Waals surface area contributed by atoms with Gasteiger partial charge >= 0.3 is 0 Å². The van der Waals surface area contributed by atoms with E-state index < -0.39 is 0 Å². The van der Waals surface area contributed by atoms with E-state index in [0.717, 1.165) is 17.4 Å². The molecule has 2 aromatic rings. The van der Waals surface area contributed by atoms with E-state index in [-0.39, 0.29) is 5.91 Å². The highest BCUT2D eigenvalue weighted by Gasteiger charge is 2.05. The van der Waals surface area contributed by atoms with Gasteiger partial charge in [0.15, 0.2) is 0 Å². The zero-order chi connectivity index (χ0) is 13.0. The van der Waals surface area contributed by atoms with Gasteiger partial charge in [0.05, 0.1) is 18.3 Å². The van der Waals surface area contributed by atoms with E-state index in [1.807, 2.05) is 35.1 Å². The summed E-state index contributed by atoms with van der Waals surface area (Å²) in [6.07, 6.45) is 2.31. The topological polar surface area (TPSA) is 46.9 Å². The van der Waals surface area contributed by atoms with Crippen molar-refractivity contribution < 1.29 is 4.79 Å². The molecule has 0 radical (unpaired) electrons. The van der Waals surface area contributed by atoms with Gasteiger partial charge in [-0.2, -0.15) is 5.10 Å². The third-order valence-electron chi connectivity index (χ3n) is 2.81. The van der Waals surface area contributed by atoms with E-state index in [1.165, 1.54) is 0 Å². The van der Waals surface area contributed by atoms with Gasteiger partial charge in [0.2, 0.25) is 5.91 Å². The molecule has 2 rings (SSSR count). The van der Waals surface area contributed by atoms with Crippen LogP contribution < -0.4 is 5.32 Å². The lowest BCUT2D eigenvalue weighted by molar-refractivity contribution is -0.121. The molecule has 18 heavy (non-hydrogen) atoms. The number of benzene rings is 1. The van der Waals surface area contributed by atoms with Crippen LogP contribution in [0.4, 0.5) is 0 Å². The number of carbonyl (C=O) groups excluding carboxylic acids is 1. The first kappa shape index (κ1) is 12.6. The molecule has 0 bridgehead atoms. The van der Waals surface area contributed by atoms with Crippen molar-refractivity contribution in [2.45, 2.75) is 26.8 Å². The Morgan fingerprint density at radius 1 is 1.39 bits per heavy atom. The van der Waals surface area contributed by atoms with Crippen molar-refractivity contribution in [1.82, 2.24) is 15.1 Å². The number of nitrogens with one attached hydrogen (secondary N) is 1. The van der Waals surface area contributed by atoms with Crippen molar-refractivity contribution in [3.05, 3.63) is 30.5 Å². The minimum absolute atomic E-state index is 0.0864. The lowest BCUT2D eigenvalue weighted by Gasteiger charge is -2.08. The Morgan fingerprint density at radius 3 is 2.94 bits per heavy atom. The molecule has 0 saturated heterocycles. The summed E-state index contributed by atoms with van der Waals surface area (Å²) in [5.41, 5.74) is 1.08. The number of hydrogen-bond donors (Lipinski definition) is 1. The molecule has 4 nitrogen and oxygen atoms in total. The van der Waals surface area contributed by atoms with Gasteiger partial charge in [-0.05, 0) is 12.0 Å². The predicted octanol–water partition coefficient (Wildman–Crippen LogP) is 2.20. The van der Waals surface area contributed by atoms with E-state index in [2.05, 4.69) is 24.3 Å². The first-order valence-corrected chi connectivity index (χ1v) is 6.34. The van der Waals surface area contributed by atoms with Crippen LogP contribution in [0.3, 0.4) is 0 Å². The van der Waals surface area contributed by atoms with E-state index in [0.29, 0.717) is 18.9 Å². The quantitative estimate of drug-likeness (QED) is 0.877. The maximum atomic E-state index is 11.6. The molecule has 1 heterocycles. The third kappa shape index (κ3) is 3.09. The van der Waals surface area contributed by atoms with Crippen LogP contribution in [-0.2, 0) is 11.3 Å². The second kappa shape index (κ2) is 5.67. The molecular weight excluding hydrogens is 226 g/mol. The fourth-order valence-corrected chi connectivity index (χ4v) is 1.82. The summed E-state index contributed by atoms with van der Waals surface area (Å²) in [4.78, 5) is 11.6. The summed E-state index contributed by atoms with van der Waals surface area (Å²) in [5.74, 6) is 0.572. The monoisotopic (exact) mass is 245 g/mol. The van der Waals surface area contributed by atoms with Crippen LogP contribution in [0.15, 0.2) is 30.5 Å². The average molecular weight is 245 g/mol. The summed E-state index contributed by atoms with van der Waals surface area (Å²) in [7, 11) is 0. The Morgan fingerprint density at radius 2 is 2.17 bits per heavy atom. The van der Waals surface area contributed by atoms with Crippen molar-refractivity contribution in [3.63, 3.8) is 0 Å². The SMILES string of the molecule is CC(C)CNC(=O)CCn1ncc2ccccc21. The van der Waals surface area contributed by atoms with Crippen LogP contribution in [0.5, 0.6) is 0 Å². The number of para-hydroxylation sites is 1. The van der Waals surface area contributed by atoms with Gasteiger partial charge in [-0.3, -0.25) is 9.48 Å². The minimum atomic E-state index is 0.0864. The molecule has 0 fully saturated rings. The summed E-state index contributed by atoms with van der Waals surface area (Å²) in [6, 6.07) is 8.02. The van der Waals surface area contributed by atoms with Gasteiger partial charge in [-0.1, -0.05) is 32.0 Å². The Kier molecular flexibility index (Phi) is 3.97. The largest absolute Gasteiger partial charge is 0.356 e. The fourth-order valence-electron chi connectivity index (χ4n) is 1.82. The molecule has 1 amide bonds. The summed E-state index contributed by atoms with van der Waals surface area (Å²) < 4.78 is 1.88. The van der Waals surface area contributed by atoms with Crippen LogP contribution in [0.1, 0.15) is 20.3 Å². The first-order valence-electron chi connectivity index (χ1n) is 6.34. The Labute approximate surface area is 107 Å². The van der Waals surface area contributed by atoms with Crippen LogP contribution >= 0.6 is 0 Å². The van der Waals surface area contributed by atoms with Crippen LogP contribution in [-0.4, -0.2) is 22.2 Å². The molecule has 1 aromatic carbocycles. The smallest absolute Gasteiger partial charge is 0.221 e. The molecule has 4 heteroatoms. The highest BCUT2D eigenvalue weighted by Crippen LogP contribution is 2.12. The maximum Gasteiger partial charge on any atom is 0.221 e. The number of amides is 1. The molecule has 0 aliphatic heterocycles. The molecule has 1 N–H and O–H groups in total. The summed E-state index contributed by atoms with van der Waals surface area (Å²) in [5, 5.41) is 8.32. The maximum absolute atomic E-state index is 11.6. The number of fused-ring (bicyclic) bond motifs is 1. The minimum Gasteiger partial charge on any atom is -0.356 e. The van der Waals surface area contributed by atoms with Gasteiger partial charge < -0.3 is 5.32 Å². The van der Waals surface area contributed by atoms with Crippen molar-refractivity contribution in [2.24, 2.45) is 5.92 Å². The van der Waals surface area contributed by atoms with Gasteiger partial charge in [-0.15, -0.1) is 0 Å². The molecule has 0 aliphatic rings. The number of aromatic nitrogens is 2. The van der Waals surface area contributed by atoms with E-state index >= 15 is 0 Å². The molecule has 96 valence electrons. The number of nitrogens with zero attached hydrogens (tertiary/aromatic N) is 2. The standard InChI is InChI=1S/C14H19N3O/c1-11(2)9-15-14(18)7-8-17-13-6-4-3-5-12(13)10-16-17/h3-6,10-11H,7-9H2,1-2H3,(H,15,18). The van der Waals surface area contributed by atoms with Crippen LogP contribution in [0, 0.1) is 5.92 Å². The van der Waals surface area contributed by atoms with Gasteiger partial charge in [0, 0.05) is 18.4 Å². The number of rotatable bonds is 5. The van der Waals surface area contributed by atoms with Gasteiger partial charge in [0.25, 0.3) is 0 Å². The lowest BCUT2D eigenvalue weighted by atomic mass is 10.2. The normalized spacial score (nSPS) is 11.1. The molecule has 0 aliphatic carbocycles. The highest BCUT2D eigenvalue weighted by molar-refractivity contribution is 5.79. The zero-order valence-electron chi connectivity index (χ0n) is 10.9. The van der Waals surface area contributed by atoms with Crippen molar-refractivity contribution in [3.8, 4) is 0 Å². The summed E-state index contributed by atoms with van der Waals surface area (Å²) in [6.45, 7) is 5.53. The van der Waals surface area contributed by atoms with Crippen molar-refractivity contribution in [2.75, 3.05) is 6.54 Å².